The highest BCUT2D eigenvalue weighted by Crippen LogP contribution is 2.14. The van der Waals surface area contributed by atoms with Crippen LogP contribution in [0.15, 0.2) is 48.7 Å². The van der Waals surface area contributed by atoms with E-state index >= 15 is 0 Å². The van der Waals surface area contributed by atoms with E-state index in [1.54, 1.807) is 25.4 Å². The fraction of sp³-hybridized carbons (Fsp3) is 0.263. The van der Waals surface area contributed by atoms with E-state index in [0.717, 1.165) is 11.1 Å². The summed E-state index contributed by atoms with van der Waals surface area (Å²) in [7, 11) is 1.70. The van der Waals surface area contributed by atoms with Crippen molar-refractivity contribution in [2.45, 2.75) is 26.3 Å². The summed E-state index contributed by atoms with van der Waals surface area (Å²) in [4.78, 5) is 17.6. The highest BCUT2D eigenvalue weighted by molar-refractivity contribution is 5.70. The number of hydrogen-bond acceptors (Lipinski definition) is 3. The fourth-order valence-corrected chi connectivity index (χ4v) is 1.61. The summed E-state index contributed by atoms with van der Waals surface area (Å²) in [5.74, 6) is 6.34. The summed E-state index contributed by atoms with van der Waals surface area (Å²) < 4.78 is 5.25. The standard InChI is InChI=1S/C19H20N2O2/c1-19(2,3)21(4)18(22)23-17-13-12-16(14-20-17)11-10-15-8-6-5-7-9-15/h5-9,12-14H,1-4H3. The van der Waals surface area contributed by atoms with Gasteiger partial charge in [-0.3, -0.25) is 0 Å². The predicted octanol–water partition coefficient (Wildman–Crippen LogP) is 3.71. The molecule has 0 aliphatic heterocycles. The second-order valence-electron chi connectivity index (χ2n) is 6.10. The first kappa shape index (κ1) is 16.6. The number of ether oxygens (including phenoxy) is 1. The first-order chi connectivity index (χ1) is 10.9. The van der Waals surface area contributed by atoms with E-state index in [4.69, 9.17) is 4.74 Å². The van der Waals surface area contributed by atoms with Crippen LogP contribution >= 0.6 is 0 Å². The van der Waals surface area contributed by atoms with Gasteiger partial charge in [-0.25, -0.2) is 9.78 Å². The molecule has 4 heteroatoms. The molecule has 0 atom stereocenters. The smallest absolute Gasteiger partial charge is 0.391 e. The van der Waals surface area contributed by atoms with Gasteiger partial charge in [-0.1, -0.05) is 30.0 Å². The van der Waals surface area contributed by atoms with Crippen LogP contribution in [-0.2, 0) is 0 Å². The molecule has 2 aromatic rings. The lowest BCUT2D eigenvalue weighted by atomic mass is 10.1. The quantitative estimate of drug-likeness (QED) is 0.754. The molecule has 0 spiro atoms. The summed E-state index contributed by atoms with van der Waals surface area (Å²) >= 11 is 0. The molecule has 0 bridgehead atoms. The maximum Gasteiger partial charge on any atom is 0.416 e. The fourth-order valence-electron chi connectivity index (χ4n) is 1.61. The Morgan fingerprint density at radius 3 is 2.26 bits per heavy atom. The predicted molar refractivity (Wildman–Crippen MR) is 90.2 cm³/mol. The van der Waals surface area contributed by atoms with Gasteiger partial charge in [0.05, 0.1) is 0 Å². The van der Waals surface area contributed by atoms with E-state index < -0.39 is 6.09 Å². The molecule has 1 amide bonds. The molecular weight excluding hydrogens is 288 g/mol. The minimum atomic E-state index is -0.437. The topological polar surface area (TPSA) is 42.4 Å². The number of pyridine rings is 1. The van der Waals surface area contributed by atoms with Crippen LogP contribution in [0.25, 0.3) is 0 Å². The molecule has 23 heavy (non-hydrogen) atoms. The molecular formula is C19H20N2O2. The summed E-state index contributed by atoms with van der Waals surface area (Å²) in [6, 6.07) is 13.1. The maximum absolute atomic E-state index is 12.0. The van der Waals surface area contributed by atoms with E-state index in [1.807, 2.05) is 51.1 Å². The van der Waals surface area contributed by atoms with Gasteiger partial charge in [-0.15, -0.1) is 0 Å². The van der Waals surface area contributed by atoms with Crippen molar-refractivity contribution in [2.24, 2.45) is 0 Å². The van der Waals surface area contributed by atoms with Crippen molar-refractivity contribution in [2.75, 3.05) is 7.05 Å². The molecule has 2 rings (SSSR count). The van der Waals surface area contributed by atoms with Crippen LogP contribution in [0.2, 0.25) is 0 Å². The number of amides is 1. The van der Waals surface area contributed by atoms with Gasteiger partial charge in [0.1, 0.15) is 0 Å². The Balaban J connectivity index is 2.03. The normalized spacial score (nSPS) is 10.4. The third-order valence-corrected chi connectivity index (χ3v) is 3.33. The van der Waals surface area contributed by atoms with Crippen LogP contribution in [0, 0.1) is 11.8 Å². The molecule has 0 fully saturated rings. The first-order valence-corrected chi connectivity index (χ1v) is 7.35. The van der Waals surface area contributed by atoms with Gasteiger partial charge in [0.15, 0.2) is 0 Å². The number of aromatic nitrogens is 1. The molecule has 118 valence electrons. The lowest BCUT2D eigenvalue weighted by molar-refractivity contribution is 0.123. The highest BCUT2D eigenvalue weighted by atomic mass is 16.6. The first-order valence-electron chi connectivity index (χ1n) is 7.35. The Hall–Kier alpha value is -2.80. The third kappa shape index (κ3) is 4.86. The zero-order valence-electron chi connectivity index (χ0n) is 13.8. The van der Waals surface area contributed by atoms with Crippen LogP contribution < -0.4 is 4.74 Å². The largest absolute Gasteiger partial charge is 0.416 e. The lowest BCUT2D eigenvalue weighted by Crippen LogP contribution is -2.44. The maximum atomic E-state index is 12.0. The molecule has 0 N–H and O–H groups in total. The Labute approximate surface area is 137 Å². The number of carbonyl (C=O) groups is 1. The summed E-state index contributed by atoms with van der Waals surface area (Å²) in [5, 5.41) is 0. The van der Waals surface area contributed by atoms with Crippen LogP contribution in [0.3, 0.4) is 0 Å². The van der Waals surface area contributed by atoms with Crippen molar-refractivity contribution in [3.05, 3.63) is 59.8 Å². The molecule has 4 nitrogen and oxygen atoms in total. The SMILES string of the molecule is CN(C(=O)Oc1ccc(C#Cc2ccccc2)cn1)C(C)(C)C. The Morgan fingerprint density at radius 1 is 1.04 bits per heavy atom. The number of rotatable bonds is 1. The van der Waals surface area contributed by atoms with E-state index in [0.29, 0.717) is 0 Å². The van der Waals surface area contributed by atoms with Gasteiger partial charge >= 0.3 is 6.09 Å². The number of hydrogen-bond donors (Lipinski definition) is 0. The number of carbonyl (C=O) groups excluding carboxylic acids is 1. The lowest BCUT2D eigenvalue weighted by Gasteiger charge is -2.30. The van der Waals surface area contributed by atoms with Gasteiger partial charge in [-0.2, -0.15) is 0 Å². The molecule has 0 aliphatic carbocycles. The van der Waals surface area contributed by atoms with Crippen molar-refractivity contribution >= 4 is 6.09 Å². The zero-order chi connectivity index (χ0) is 16.9. The van der Waals surface area contributed by atoms with Gasteiger partial charge in [0.25, 0.3) is 0 Å². The van der Waals surface area contributed by atoms with Crippen LogP contribution in [0.4, 0.5) is 4.79 Å². The van der Waals surface area contributed by atoms with Crippen molar-refractivity contribution in [3.63, 3.8) is 0 Å². The van der Waals surface area contributed by atoms with E-state index in [-0.39, 0.29) is 11.4 Å². The zero-order valence-corrected chi connectivity index (χ0v) is 13.8. The molecule has 1 aromatic heterocycles. The Bertz CT molecular complexity index is 720. The van der Waals surface area contributed by atoms with Gasteiger partial charge in [0, 0.05) is 36.0 Å². The second kappa shape index (κ2) is 6.97. The molecule has 1 heterocycles. The molecule has 0 saturated heterocycles. The van der Waals surface area contributed by atoms with Gasteiger partial charge < -0.3 is 9.64 Å². The van der Waals surface area contributed by atoms with Crippen LogP contribution in [0.1, 0.15) is 31.9 Å². The molecule has 1 aromatic carbocycles. The summed E-state index contributed by atoms with van der Waals surface area (Å²) in [5.41, 5.74) is 1.39. The molecule has 0 saturated carbocycles. The Morgan fingerprint density at radius 2 is 1.70 bits per heavy atom. The average Bonchev–Trinajstić information content (AvgIpc) is 2.53. The van der Waals surface area contributed by atoms with E-state index in [2.05, 4.69) is 16.8 Å². The van der Waals surface area contributed by atoms with Gasteiger partial charge in [-0.05, 0) is 39.0 Å². The molecule has 0 aliphatic rings. The number of nitrogens with zero attached hydrogens (tertiary/aromatic N) is 2. The van der Waals surface area contributed by atoms with E-state index in [1.165, 1.54) is 4.90 Å². The van der Waals surface area contributed by atoms with Crippen LogP contribution in [0.5, 0.6) is 5.88 Å². The average molecular weight is 308 g/mol. The van der Waals surface area contributed by atoms with Gasteiger partial charge in [0.2, 0.25) is 5.88 Å². The Kier molecular flexibility index (Phi) is 5.02. The van der Waals surface area contributed by atoms with Crippen molar-refractivity contribution in [1.82, 2.24) is 9.88 Å². The second-order valence-corrected chi connectivity index (χ2v) is 6.10. The van der Waals surface area contributed by atoms with Crippen LogP contribution in [-0.4, -0.2) is 28.6 Å². The minimum Gasteiger partial charge on any atom is -0.391 e. The van der Waals surface area contributed by atoms with E-state index in [9.17, 15) is 4.79 Å². The summed E-state index contributed by atoms with van der Waals surface area (Å²) in [6.45, 7) is 5.80. The van der Waals surface area contributed by atoms with Crippen molar-refractivity contribution in [1.29, 1.82) is 0 Å². The minimum absolute atomic E-state index is 0.261. The molecule has 0 radical (unpaired) electrons. The third-order valence-electron chi connectivity index (χ3n) is 3.33. The molecule has 0 unspecified atom stereocenters. The summed E-state index contributed by atoms with van der Waals surface area (Å²) in [6.07, 6.45) is 1.16. The highest BCUT2D eigenvalue weighted by Gasteiger charge is 2.24. The van der Waals surface area contributed by atoms with Crippen molar-refractivity contribution in [3.8, 4) is 17.7 Å². The number of benzene rings is 1. The van der Waals surface area contributed by atoms with Crippen molar-refractivity contribution < 1.29 is 9.53 Å². The monoisotopic (exact) mass is 308 g/mol.